The van der Waals surface area contributed by atoms with Crippen molar-refractivity contribution in [3.8, 4) is 0 Å². The molecule has 0 bridgehead atoms. The Morgan fingerprint density at radius 1 is 1.27 bits per heavy atom. The van der Waals surface area contributed by atoms with Crippen LogP contribution in [-0.4, -0.2) is 25.3 Å². The number of aliphatic imine (C=N–C) groups is 1. The van der Waals surface area contributed by atoms with Crippen molar-refractivity contribution in [3.05, 3.63) is 58.5 Å². The molecule has 0 spiro atoms. The van der Waals surface area contributed by atoms with E-state index in [9.17, 15) is 8.78 Å². The molecular formula is C20H27F2N3S. The fourth-order valence-electron chi connectivity index (χ4n) is 2.77. The molecule has 6 heteroatoms. The Labute approximate surface area is 159 Å². The summed E-state index contributed by atoms with van der Waals surface area (Å²) in [6.45, 7) is 7.65. The second-order valence-electron chi connectivity index (χ2n) is 6.63. The van der Waals surface area contributed by atoms with Crippen LogP contribution in [0.3, 0.4) is 0 Å². The highest BCUT2D eigenvalue weighted by Gasteiger charge is 2.34. The number of nitrogens with zero attached hydrogens (tertiary/aromatic N) is 1. The molecule has 0 aliphatic carbocycles. The fourth-order valence-corrected chi connectivity index (χ4v) is 3.67. The van der Waals surface area contributed by atoms with Crippen molar-refractivity contribution in [2.75, 3.05) is 13.1 Å². The summed E-state index contributed by atoms with van der Waals surface area (Å²) in [4.78, 5) is 5.42. The van der Waals surface area contributed by atoms with Gasteiger partial charge in [0.15, 0.2) is 11.6 Å². The number of allylic oxidation sites excluding steroid dienone is 4. The van der Waals surface area contributed by atoms with Gasteiger partial charge in [-0.15, -0.1) is 0 Å². The van der Waals surface area contributed by atoms with Crippen LogP contribution >= 0.6 is 11.9 Å². The van der Waals surface area contributed by atoms with Gasteiger partial charge in [0.2, 0.25) is 0 Å². The number of nitrogens with one attached hydrogen (secondary N) is 2. The van der Waals surface area contributed by atoms with Gasteiger partial charge in [0.05, 0.1) is 5.54 Å². The third-order valence-corrected chi connectivity index (χ3v) is 5.22. The second-order valence-corrected chi connectivity index (χ2v) is 7.51. The molecule has 1 fully saturated rings. The third kappa shape index (κ3) is 5.76. The van der Waals surface area contributed by atoms with Crippen LogP contribution in [0.5, 0.6) is 0 Å². The molecule has 0 atom stereocenters. The second kappa shape index (κ2) is 10.00. The molecule has 2 N–H and O–H groups in total. The van der Waals surface area contributed by atoms with Crippen LogP contribution < -0.4 is 10.0 Å². The summed E-state index contributed by atoms with van der Waals surface area (Å²) in [5.74, 6) is -1.62. The van der Waals surface area contributed by atoms with Crippen molar-refractivity contribution in [3.63, 3.8) is 0 Å². The lowest BCUT2D eigenvalue weighted by molar-refractivity contribution is 0.294. The molecule has 0 unspecified atom stereocenters. The van der Waals surface area contributed by atoms with Gasteiger partial charge >= 0.3 is 0 Å². The molecule has 0 radical (unpaired) electrons. The molecule has 0 aromatic heterocycles. The number of hydrogen-bond acceptors (Lipinski definition) is 4. The van der Waals surface area contributed by atoms with Gasteiger partial charge in [0.25, 0.3) is 0 Å². The maximum Gasteiger partial charge on any atom is 0.159 e. The minimum Gasteiger partial charge on any atom is -0.317 e. The van der Waals surface area contributed by atoms with Gasteiger partial charge in [-0.2, -0.15) is 0 Å². The Kier molecular flexibility index (Phi) is 8.00. The van der Waals surface area contributed by atoms with E-state index in [0.29, 0.717) is 0 Å². The van der Waals surface area contributed by atoms with Crippen molar-refractivity contribution in [1.82, 2.24) is 10.0 Å². The highest BCUT2D eigenvalue weighted by Crippen LogP contribution is 2.34. The summed E-state index contributed by atoms with van der Waals surface area (Å²) < 4.78 is 30.7. The van der Waals surface area contributed by atoms with E-state index in [-0.39, 0.29) is 6.04 Å². The van der Waals surface area contributed by atoms with E-state index in [1.54, 1.807) is 6.07 Å². The van der Waals surface area contributed by atoms with Crippen LogP contribution in [0, 0.1) is 11.6 Å². The van der Waals surface area contributed by atoms with E-state index >= 15 is 0 Å². The number of rotatable bonds is 7. The van der Waals surface area contributed by atoms with Crippen molar-refractivity contribution in [2.45, 2.75) is 45.2 Å². The van der Waals surface area contributed by atoms with E-state index in [1.807, 2.05) is 45.2 Å². The number of piperidine rings is 1. The molecule has 0 saturated carbocycles. The molecule has 1 aliphatic rings. The number of hydrogen-bond donors (Lipinski definition) is 2. The Morgan fingerprint density at radius 2 is 2.00 bits per heavy atom. The number of benzene rings is 1. The summed E-state index contributed by atoms with van der Waals surface area (Å²) in [5.41, 5.74) is 0.363. The van der Waals surface area contributed by atoms with Gasteiger partial charge in [0, 0.05) is 17.2 Å². The van der Waals surface area contributed by atoms with E-state index in [1.165, 1.54) is 24.1 Å². The lowest BCUT2D eigenvalue weighted by atomic mass is 9.82. The molecule has 1 aliphatic heterocycles. The van der Waals surface area contributed by atoms with E-state index < -0.39 is 17.2 Å². The van der Waals surface area contributed by atoms with Crippen LogP contribution in [0.15, 0.2) is 46.3 Å². The molecule has 2 rings (SSSR count). The molecule has 1 saturated heterocycles. The average Bonchev–Trinajstić information content (AvgIpc) is 2.64. The molecule has 1 aromatic carbocycles. The maximum absolute atomic E-state index is 13.8. The van der Waals surface area contributed by atoms with E-state index in [0.717, 1.165) is 36.4 Å². The van der Waals surface area contributed by atoms with Crippen LogP contribution in [0.25, 0.3) is 0 Å². The zero-order valence-corrected chi connectivity index (χ0v) is 16.4. The predicted octanol–water partition coefficient (Wildman–Crippen LogP) is 4.72. The molecule has 142 valence electrons. The smallest absolute Gasteiger partial charge is 0.159 e. The van der Waals surface area contributed by atoms with Crippen LogP contribution in [-0.2, 0) is 5.54 Å². The highest BCUT2D eigenvalue weighted by atomic mass is 32.2. The first kappa shape index (κ1) is 20.8. The Balaban J connectivity index is 2.24. The van der Waals surface area contributed by atoms with Crippen LogP contribution in [0.2, 0.25) is 0 Å². The lowest BCUT2D eigenvalue weighted by Gasteiger charge is -2.38. The van der Waals surface area contributed by atoms with Gasteiger partial charge in [-0.1, -0.05) is 18.2 Å². The quantitative estimate of drug-likeness (QED) is 0.409. The zero-order chi connectivity index (χ0) is 19.0. The van der Waals surface area contributed by atoms with Crippen molar-refractivity contribution in [2.24, 2.45) is 4.99 Å². The van der Waals surface area contributed by atoms with Crippen molar-refractivity contribution >= 4 is 18.2 Å². The highest BCUT2D eigenvalue weighted by molar-refractivity contribution is 8.02. The Hall–Kier alpha value is -1.50. The summed E-state index contributed by atoms with van der Waals surface area (Å²) in [6.07, 6.45) is 9.35. The Morgan fingerprint density at radius 3 is 2.62 bits per heavy atom. The summed E-state index contributed by atoms with van der Waals surface area (Å²) in [5, 5.41) is 3.33. The van der Waals surface area contributed by atoms with Gasteiger partial charge < -0.3 is 5.32 Å². The van der Waals surface area contributed by atoms with Crippen LogP contribution in [0.1, 0.15) is 39.2 Å². The van der Waals surface area contributed by atoms with Gasteiger partial charge in [-0.3, -0.25) is 4.99 Å². The fraction of sp³-hybridized carbons (Fsp3) is 0.450. The van der Waals surface area contributed by atoms with E-state index in [4.69, 9.17) is 0 Å². The molecular weight excluding hydrogens is 352 g/mol. The first-order valence-electron chi connectivity index (χ1n) is 8.93. The molecule has 3 nitrogen and oxygen atoms in total. The van der Waals surface area contributed by atoms with Gasteiger partial charge in [-0.05, 0) is 82.4 Å². The lowest BCUT2D eigenvalue weighted by Crippen LogP contribution is -2.47. The van der Waals surface area contributed by atoms with Crippen molar-refractivity contribution < 1.29 is 8.78 Å². The maximum atomic E-state index is 13.8. The summed E-state index contributed by atoms with van der Waals surface area (Å²) >= 11 is 1.48. The first-order chi connectivity index (χ1) is 12.5. The molecule has 0 amide bonds. The predicted molar refractivity (Wildman–Crippen MR) is 107 cm³/mol. The largest absolute Gasteiger partial charge is 0.317 e. The summed E-state index contributed by atoms with van der Waals surface area (Å²) in [7, 11) is 0. The minimum absolute atomic E-state index is 0.212. The average molecular weight is 380 g/mol. The molecule has 1 heterocycles. The van der Waals surface area contributed by atoms with Gasteiger partial charge in [-0.25, -0.2) is 13.5 Å². The zero-order valence-electron chi connectivity index (χ0n) is 15.6. The number of halogens is 2. The molecule has 1 aromatic rings. The molecule has 26 heavy (non-hydrogen) atoms. The normalized spacial score (nSPS) is 18.3. The van der Waals surface area contributed by atoms with E-state index in [2.05, 4.69) is 15.0 Å². The Bertz CT molecular complexity index is 678. The van der Waals surface area contributed by atoms with Crippen molar-refractivity contribution in [1.29, 1.82) is 0 Å². The SMILES string of the molecule is C/C=C/C=C(\C=N/C(C)C)SNC1(c2ccc(F)c(F)c2)CCNCC1. The van der Waals surface area contributed by atoms with Gasteiger partial charge in [0.1, 0.15) is 0 Å². The third-order valence-electron chi connectivity index (χ3n) is 4.25. The monoisotopic (exact) mass is 379 g/mol. The minimum atomic E-state index is -0.816. The first-order valence-corrected chi connectivity index (χ1v) is 9.75. The van der Waals surface area contributed by atoms with Crippen LogP contribution in [0.4, 0.5) is 8.78 Å². The summed E-state index contributed by atoms with van der Waals surface area (Å²) in [6, 6.07) is 4.40. The standard InChI is InChI=1S/C20H27F2N3S/c1-4-5-6-17(14-24-15(2)3)26-25-20(9-11-23-12-10-20)16-7-8-18(21)19(22)13-16/h4-8,13-15,23,25H,9-12H2,1-3H3/b5-4+,17-6+,24-14-. The topological polar surface area (TPSA) is 36.4 Å².